The molecule has 3 aromatic rings. The molecule has 0 aliphatic carbocycles. The molecule has 0 bridgehead atoms. The predicted molar refractivity (Wildman–Crippen MR) is 132 cm³/mol. The lowest BCUT2D eigenvalue weighted by atomic mass is 10.1. The fourth-order valence-electron chi connectivity index (χ4n) is 3.64. The Morgan fingerprint density at radius 3 is 2.61 bits per heavy atom. The van der Waals surface area contributed by atoms with Crippen LogP contribution >= 0.6 is 0 Å². The van der Waals surface area contributed by atoms with Gasteiger partial charge in [-0.15, -0.1) is 0 Å². The Kier molecular flexibility index (Phi) is 8.30. The highest BCUT2D eigenvalue weighted by atomic mass is 16.5. The van der Waals surface area contributed by atoms with Crippen LogP contribution in [-0.4, -0.2) is 43.0 Å². The molecule has 0 spiro atoms. The van der Waals surface area contributed by atoms with Gasteiger partial charge >= 0.3 is 0 Å². The summed E-state index contributed by atoms with van der Waals surface area (Å²) in [6.45, 7) is 3.50. The average Bonchev–Trinajstić information content (AvgIpc) is 3.16. The lowest BCUT2D eigenvalue weighted by Crippen LogP contribution is -2.38. The van der Waals surface area contributed by atoms with E-state index in [1.165, 1.54) is 5.56 Å². The molecule has 0 aliphatic rings. The minimum atomic E-state index is 0.371. The van der Waals surface area contributed by atoms with E-state index in [4.69, 9.17) is 10.5 Å². The van der Waals surface area contributed by atoms with Crippen LogP contribution in [0.4, 0.5) is 5.82 Å². The molecular formula is C25H31N7O. The van der Waals surface area contributed by atoms with Crippen LogP contribution in [0.15, 0.2) is 53.5 Å². The number of methoxy groups -OCH3 is 1. The Morgan fingerprint density at radius 2 is 1.91 bits per heavy atom. The van der Waals surface area contributed by atoms with Crippen LogP contribution in [0.25, 0.3) is 5.69 Å². The number of nitrogen functional groups attached to an aromatic ring is 1. The standard InChI is InChI=1S/C25H31N7O/c1-18-11-12-23(33-3)19(16-18)13-15-30-25(28-2)29-14-7-10-22-21(17-26)24(27)32(31-22)20-8-5-4-6-9-20/h4-6,8-9,11-12,16H,7,10,13-15,27H2,1-3H3,(H2,28,29,30). The third-order valence-electron chi connectivity index (χ3n) is 5.34. The van der Waals surface area contributed by atoms with E-state index in [1.54, 1.807) is 18.8 Å². The number of hydrogen-bond acceptors (Lipinski definition) is 5. The Morgan fingerprint density at radius 1 is 1.15 bits per heavy atom. The smallest absolute Gasteiger partial charge is 0.190 e. The van der Waals surface area contributed by atoms with Gasteiger partial charge in [0, 0.05) is 20.1 Å². The van der Waals surface area contributed by atoms with Crippen molar-refractivity contribution in [3.8, 4) is 17.5 Å². The molecule has 33 heavy (non-hydrogen) atoms. The van der Waals surface area contributed by atoms with E-state index in [2.05, 4.69) is 39.8 Å². The van der Waals surface area contributed by atoms with Crippen LogP contribution in [0, 0.1) is 18.3 Å². The van der Waals surface area contributed by atoms with Gasteiger partial charge in [-0.1, -0.05) is 35.9 Å². The number of benzene rings is 2. The van der Waals surface area contributed by atoms with Gasteiger partial charge in [0.1, 0.15) is 23.2 Å². The summed E-state index contributed by atoms with van der Waals surface area (Å²) in [7, 11) is 3.44. The molecule has 0 unspecified atom stereocenters. The number of aryl methyl sites for hydroxylation is 2. The first-order valence-electron chi connectivity index (χ1n) is 11.0. The van der Waals surface area contributed by atoms with Crippen molar-refractivity contribution in [1.82, 2.24) is 20.4 Å². The summed E-state index contributed by atoms with van der Waals surface area (Å²) in [6, 6.07) is 18.0. The van der Waals surface area contributed by atoms with Gasteiger partial charge in [0.2, 0.25) is 0 Å². The minimum absolute atomic E-state index is 0.371. The molecule has 3 rings (SSSR count). The summed E-state index contributed by atoms with van der Waals surface area (Å²) in [6.07, 6.45) is 2.25. The second-order valence-electron chi connectivity index (χ2n) is 7.66. The fourth-order valence-corrected chi connectivity index (χ4v) is 3.64. The quantitative estimate of drug-likeness (QED) is 0.265. The van der Waals surface area contributed by atoms with Gasteiger partial charge in [0.25, 0.3) is 0 Å². The first-order chi connectivity index (χ1) is 16.1. The first kappa shape index (κ1) is 23.7. The number of hydrogen-bond donors (Lipinski definition) is 3. The predicted octanol–water partition coefficient (Wildman–Crippen LogP) is 2.98. The Balaban J connectivity index is 1.50. The highest BCUT2D eigenvalue weighted by Crippen LogP contribution is 2.21. The van der Waals surface area contributed by atoms with Crippen LogP contribution in [-0.2, 0) is 12.8 Å². The Hall–Kier alpha value is -3.99. The van der Waals surface area contributed by atoms with Crippen LogP contribution in [0.2, 0.25) is 0 Å². The number of aliphatic imine (C=N–C) groups is 1. The lowest BCUT2D eigenvalue weighted by Gasteiger charge is -2.13. The van der Waals surface area contributed by atoms with E-state index in [1.807, 2.05) is 42.5 Å². The number of nitrogens with one attached hydrogen (secondary N) is 2. The second-order valence-corrected chi connectivity index (χ2v) is 7.66. The van der Waals surface area contributed by atoms with E-state index in [0.717, 1.165) is 42.3 Å². The molecule has 2 aromatic carbocycles. The fraction of sp³-hybridized carbons (Fsp3) is 0.320. The summed E-state index contributed by atoms with van der Waals surface area (Å²) in [5, 5.41) is 20.8. The van der Waals surface area contributed by atoms with Crippen molar-refractivity contribution in [2.45, 2.75) is 26.2 Å². The SMILES string of the molecule is CN=C(NCCCc1nn(-c2ccccc2)c(N)c1C#N)NCCc1cc(C)ccc1OC. The van der Waals surface area contributed by atoms with Crippen molar-refractivity contribution in [1.29, 1.82) is 5.26 Å². The third-order valence-corrected chi connectivity index (χ3v) is 5.34. The molecular weight excluding hydrogens is 414 g/mol. The van der Waals surface area contributed by atoms with Crippen molar-refractivity contribution < 1.29 is 4.74 Å². The molecule has 0 saturated carbocycles. The number of aromatic nitrogens is 2. The normalized spacial score (nSPS) is 11.2. The second kappa shape index (κ2) is 11.6. The van der Waals surface area contributed by atoms with Crippen LogP contribution < -0.4 is 21.1 Å². The Bertz CT molecular complexity index is 1130. The summed E-state index contributed by atoms with van der Waals surface area (Å²) < 4.78 is 7.08. The van der Waals surface area contributed by atoms with Gasteiger partial charge in [-0.3, -0.25) is 4.99 Å². The maximum atomic E-state index is 9.55. The topological polar surface area (TPSA) is 113 Å². The molecule has 0 fully saturated rings. The zero-order chi connectivity index (χ0) is 23.6. The molecule has 0 aliphatic heterocycles. The number of ether oxygens (including phenoxy) is 1. The summed E-state index contributed by atoms with van der Waals surface area (Å²) in [5.41, 5.74) is 10.5. The molecule has 0 radical (unpaired) electrons. The van der Waals surface area contributed by atoms with Crippen LogP contribution in [0.3, 0.4) is 0 Å². The number of nitrogens with two attached hydrogens (primary N) is 1. The lowest BCUT2D eigenvalue weighted by molar-refractivity contribution is 0.409. The van der Waals surface area contributed by atoms with Gasteiger partial charge in [0.05, 0.1) is 18.5 Å². The number of anilines is 1. The zero-order valence-corrected chi connectivity index (χ0v) is 19.4. The van der Waals surface area contributed by atoms with Gasteiger partial charge < -0.3 is 21.1 Å². The number of guanidine groups is 1. The van der Waals surface area contributed by atoms with Crippen molar-refractivity contribution in [3.63, 3.8) is 0 Å². The molecule has 0 saturated heterocycles. The summed E-state index contributed by atoms with van der Waals surface area (Å²) >= 11 is 0. The number of para-hydroxylation sites is 1. The van der Waals surface area contributed by atoms with Gasteiger partial charge in [-0.2, -0.15) is 10.4 Å². The molecule has 1 aromatic heterocycles. The van der Waals surface area contributed by atoms with Crippen molar-refractivity contribution >= 4 is 11.8 Å². The number of nitrogens with zero attached hydrogens (tertiary/aromatic N) is 4. The van der Waals surface area contributed by atoms with Gasteiger partial charge in [-0.05, 0) is 49.9 Å². The van der Waals surface area contributed by atoms with E-state index >= 15 is 0 Å². The molecule has 0 amide bonds. The van der Waals surface area contributed by atoms with Crippen LogP contribution in [0.5, 0.6) is 5.75 Å². The molecule has 8 heteroatoms. The molecule has 172 valence electrons. The number of nitriles is 1. The van der Waals surface area contributed by atoms with Gasteiger partial charge in [0.15, 0.2) is 5.96 Å². The molecule has 0 atom stereocenters. The maximum absolute atomic E-state index is 9.55. The Labute approximate surface area is 195 Å². The molecule has 1 heterocycles. The number of rotatable bonds is 9. The molecule has 4 N–H and O–H groups in total. The van der Waals surface area contributed by atoms with Gasteiger partial charge in [-0.25, -0.2) is 4.68 Å². The third kappa shape index (κ3) is 6.04. The monoisotopic (exact) mass is 445 g/mol. The van der Waals surface area contributed by atoms with E-state index < -0.39 is 0 Å². The maximum Gasteiger partial charge on any atom is 0.190 e. The average molecular weight is 446 g/mol. The molecule has 8 nitrogen and oxygen atoms in total. The van der Waals surface area contributed by atoms with E-state index in [-0.39, 0.29) is 0 Å². The highest BCUT2D eigenvalue weighted by Gasteiger charge is 2.16. The largest absolute Gasteiger partial charge is 0.496 e. The summed E-state index contributed by atoms with van der Waals surface area (Å²) in [4.78, 5) is 4.29. The zero-order valence-electron chi connectivity index (χ0n) is 19.4. The van der Waals surface area contributed by atoms with Crippen molar-refractivity contribution in [3.05, 3.63) is 70.9 Å². The van der Waals surface area contributed by atoms with Crippen molar-refractivity contribution in [2.75, 3.05) is 33.0 Å². The summed E-state index contributed by atoms with van der Waals surface area (Å²) in [5.74, 6) is 2.00. The van der Waals surface area contributed by atoms with Crippen molar-refractivity contribution in [2.24, 2.45) is 4.99 Å². The first-order valence-corrected chi connectivity index (χ1v) is 11.0. The van der Waals surface area contributed by atoms with E-state index in [9.17, 15) is 5.26 Å². The van der Waals surface area contributed by atoms with Crippen LogP contribution in [0.1, 0.15) is 28.8 Å². The minimum Gasteiger partial charge on any atom is -0.496 e. The highest BCUT2D eigenvalue weighted by molar-refractivity contribution is 5.79. The van der Waals surface area contributed by atoms with E-state index in [0.29, 0.717) is 30.0 Å².